The smallest absolute Gasteiger partial charge is 0.315 e. The molecule has 4 nitrogen and oxygen atoms in total. The second-order valence-electron chi connectivity index (χ2n) is 5.55. The van der Waals surface area contributed by atoms with Crippen LogP contribution in [0.15, 0.2) is 18.2 Å². The summed E-state index contributed by atoms with van der Waals surface area (Å²) in [5.41, 5.74) is 0.627. The molecular weight excluding hydrogens is 247 g/mol. The Kier molecular flexibility index (Phi) is 5.15. The number of ether oxygens (including phenoxy) is 1. The number of benzene rings is 1. The van der Waals surface area contributed by atoms with Crippen molar-refractivity contribution in [2.75, 3.05) is 13.7 Å². The normalized spacial score (nSPS) is 11.0. The van der Waals surface area contributed by atoms with E-state index < -0.39 is 0 Å². The monoisotopic (exact) mass is 268 g/mol. The maximum atomic E-state index is 13.1. The molecule has 0 saturated heterocycles. The van der Waals surface area contributed by atoms with Gasteiger partial charge in [-0.1, -0.05) is 20.8 Å². The zero-order valence-corrected chi connectivity index (χ0v) is 11.8. The van der Waals surface area contributed by atoms with E-state index >= 15 is 0 Å². The molecule has 0 unspecified atom stereocenters. The van der Waals surface area contributed by atoms with E-state index in [2.05, 4.69) is 10.6 Å². The van der Waals surface area contributed by atoms with Gasteiger partial charge in [0.2, 0.25) is 0 Å². The van der Waals surface area contributed by atoms with Gasteiger partial charge in [-0.15, -0.1) is 0 Å². The van der Waals surface area contributed by atoms with Crippen molar-refractivity contribution in [3.63, 3.8) is 0 Å². The van der Waals surface area contributed by atoms with Crippen LogP contribution in [0.3, 0.4) is 0 Å². The zero-order valence-electron chi connectivity index (χ0n) is 11.8. The van der Waals surface area contributed by atoms with Crippen LogP contribution < -0.4 is 15.4 Å². The molecule has 0 heterocycles. The van der Waals surface area contributed by atoms with Crippen LogP contribution in [-0.2, 0) is 6.54 Å². The van der Waals surface area contributed by atoms with Gasteiger partial charge >= 0.3 is 6.03 Å². The average molecular weight is 268 g/mol. The molecular formula is C14H21FN2O2. The topological polar surface area (TPSA) is 50.4 Å². The van der Waals surface area contributed by atoms with Crippen molar-refractivity contribution >= 4 is 6.03 Å². The SMILES string of the molecule is COc1ccc(F)cc1CNC(=O)NCC(C)(C)C. The van der Waals surface area contributed by atoms with Gasteiger partial charge in [0, 0.05) is 18.7 Å². The van der Waals surface area contributed by atoms with E-state index in [0.717, 1.165) is 0 Å². The summed E-state index contributed by atoms with van der Waals surface area (Å²) in [5, 5.41) is 5.44. The summed E-state index contributed by atoms with van der Waals surface area (Å²) in [6.45, 7) is 6.88. The minimum atomic E-state index is -0.354. The fraction of sp³-hybridized carbons (Fsp3) is 0.500. The Labute approximate surface area is 113 Å². The van der Waals surface area contributed by atoms with Gasteiger partial charge in [0.05, 0.1) is 7.11 Å². The van der Waals surface area contributed by atoms with E-state index in [4.69, 9.17) is 4.74 Å². The van der Waals surface area contributed by atoms with Gasteiger partial charge in [-0.05, 0) is 23.6 Å². The van der Waals surface area contributed by atoms with Crippen LogP contribution in [-0.4, -0.2) is 19.7 Å². The van der Waals surface area contributed by atoms with Gasteiger partial charge < -0.3 is 15.4 Å². The molecule has 2 amide bonds. The fourth-order valence-electron chi connectivity index (χ4n) is 1.47. The predicted molar refractivity (Wildman–Crippen MR) is 72.6 cm³/mol. The third-order valence-corrected chi connectivity index (χ3v) is 2.46. The van der Waals surface area contributed by atoms with E-state index in [1.54, 1.807) is 6.07 Å². The van der Waals surface area contributed by atoms with Gasteiger partial charge in [0.15, 0.2) is 0 Å². The second kappa shape index (κ2) is 6.41. The molecule has 0 radical (unpaired) electrons. The van der Waals surface area contributed by atoms with Crippen LogP contribution in [0.25, 0.3) is 0 Å². The largest absolute Gasteiger partial charge is 0.496 e. The van der Waals surface area contributed by atoms with Crippen molar-refractivity contribution in [3.05, 3.63) is 29.6 Å². The number of halogens is 1. The Hall–Kier alpha value is -1.78. The molecule has 0 aliphatic carbocycles. The number of carbonyl (C=O) groups is 1. The van der Waals surface area contributed by atoms with Crippen LogP contribution >= 0.6 is 0 Å². The Morgan fingerprint density at radius 2 is 2.00 bits per heavy atom. The van der Waals surface area contributed by atoms with Crippen LogP contribution in [0, 0.1) is 11.2 Å². The minimum absolute atomic E-state index is 0.0217. The number of hydrogen-bond acceptors (Lipinski definition) is 2. The molecule has 2 N–H and O–H groups in total. The molecule has 1 aromatic rings. The summed E-state index contributed by atoms with van der Waals surface area (Å²) in [6, 6.07) is 3.94. The number of rotatable bonds is 4. The lowest BCUT2D eigenvalue weighted by atomic mass is 9.97. The quantitative estimate of drug-likeness (QED) is 0.882. The van der Waals surface area contributed by atoms with E-state index in [9.17, 15) is 9.18 Å². The first-order valence-electron chi connectivity index (χ1n) is 6.16. The van der Waals surface area contributed by atoms with Crippen molar-refractivity contribution in [2.24, 2.45) is 5.41 Å². The molecule has 106 valence electrons. The third-order valence-electron chi connectivity index (χ3n) is 2.46. The maximum absolute atomic E-state index is 13.1. The van der Waals surface area contributed by atoms with Crippen molar-refractivity contribution in [2.45, 2.75) is 27.3 Å². The average Bonchev–Trinajstić information content (AvgIpc) is 2.33. The van der Waals surface area contributed by atoms with Gasteiger partial charge in [-0.25, -0.2) is 9.18 Å². The Bertz CT molecular complexity index is 442. The lowest BCUT2D eigenvalue weighted by molar-refractivity contribution is 0.235. The standard InChI is InChI=1S/C14H21FN2O2/c1-14(2,3)9-17-13(18)16-8-10-7-11(15)5-6-12(10)19-4/h5-7H,8-9H2,1-4H3,(H2,16,17,18). The molecule has 5 heteroatoms. The third kappa shape index (κ3) is 5.59. The van der Waals surface area contributed by atoms with Gasteiger partial charge in [0.1, 0.15) is 11.6 Å². The summed E-state index contributed by atoms with van der Waals surface area (Å²) >= 11 is 0. The molecule has 0 spiro atoms. The van der Waals surface area contributed by atoms with E-state index in [0.29, 0.717) is 17.9 Å². The summed E-state index contributed by atoms with van der Waals surface area (Å²) in [5.74, 6) is 0.199. The molecule has 0 saturated carbocycles. The highest BCUT2D eigenvalue weighted by Crippen LogP contribution is 2.18. The Morgan fingerprint density at radius 1 is 1.32 bits per heavy atom. The zero-order chi connectivity index (χ0) is 14.5. The first-order chi connectivity index (χ1) is 8.81. The predicted octanol–water partition coefficient (Wildman–Crippen LogP) is 2.68. The highest BCUT2D eigenvalue weighted by Gasteiger charge is 2.12. The first-order valence-corrected chi connectivity index (χ1v) is 6.16. The number of hydrogen-bond donors (Lipinski definition) is 2. The molecule has 0 aromatic heterocycles. The molecule has 0 aliphatic rings. The molecule has 19 heavy (non-hydrogen) atoms. The highest BCUT2D eigenvalue weighted by atomic mass is 19.1. The number of methoxy groups -OCH3 is 1. The van der Waals surface area contributed by atoms with Gasteiger partial charge in [0.25, 0.3) is 0 Å². The van der Waals surface area contributed by atoms with Crippen LogP contribution in [0.2, 0.25) is 0 Å². The molecule has 1 rings (SSSR count). The fourth-order valence-corrected chi connectivity index (χ4v) is 1.47. The number of urea groups is 1. The van der Waals surface area contributed by atoms with Crippen LogP contribution in [0.1, 0.15) is 26.3 Å². The van der Waals surface area contributed by atoms with Gasteiger partial charge in [-0.3, -0.25) is 0 Å². The summed E-state index contributed by atoms with van der Waals surface area (Å²) in [6.07, 6.45) is 0. The van der Waals surface area contributed by atoms with Crippen LogP contribution in [0.4, 0.5) is 9.18 Å². The van der Waals surface area contributed by atoms with E-state index in [-0.39, 0.29) is 23.8 Å². The second-order valence-corrected chi connectivity index (χ2v) is 5.55. The number of nitrogens with one attached hydrogen (secondary N) is 2. The Balaban J connectivity index is 2.52. The van der Waals surface area contributed by atoms with Crippen molar-refractivity contribution in [1.29, 1.82) is 0 Å². The summed E-state index contributed by atoms with van der Waals surface area (Å²) in [7, 11) is 1.51. The lowest BCUT2D eigenvalue weighted by Crippen LogP contribution is -2.39. The molecule has 0 atom stereocenters. The highest BCUT2D eigenvalue weighted by molar-refractivity contribution is 5.73. The molecule has 1 aromatic carbocycles. The summed E-state index contributed by atoms with van der Waals surface area (Å²) in [4.78, 5) is 11.6. The van der Waals surface area contributed by atoms with Crippen LogP contribution in [0.5, 0.6) is 5.75 Å². The van der Waals surface area contributed by atoms with E-state index in [1.807, 2.05) is 20.8 Å². The van der Waals surface area contributed by atoms with Crippen molar-refractivity contribution < 1.29 is 13.9 Å². The maximum Gasteiger partial charge on any atom is 0.315 e. The van der Waals surface area contributed by atoms with Gasteiger partial charge in [-0.2, -0.15) is 0 Å². The lowest BCUT2D eigenvalue weighted by Gasteiger charge is -2.19. The minimum Gasteiger partial charge on any atom is -0.496 e. The molecule has 0 aliphatic heterocycles. The number of carbonyl (C=O) groups excluding carboxylic acids is 1. The molecule has 0 fully saturated rings. The molecule has 0 bridgehead atoms. The number of amides is 2. The summed E-state index contributed by atoms with van der Waals surface area (Å²) < 4.78 is 18.2. The first kappa shape index (κ1) is 15.3. The Morgan fingerprint density at radius 3 is 2.58 bits per heavy atom. The van der Waals surface area contributed by atoms with E-state index in [1.165, 1.54) is 19.2 Å². The van der Waals surface area contributed by atoms with Crippen molar-refractivity contribution in [1.82, 2.24) is 10.6 Å². The van der Waals surface area contributed by atoms with Crippen molar-refractivity contribution in [3.8, 4) is 5.75 Å².